The molecule has 14 heavy (non-hydrogen) atoms. The number of anilines is 1. The molecule has 0 spiro atoms. The highest BCUT2D eigenvalue weighted by molar-refractivity contribution is 5.69. The number of rotatable bonds is 4. The molecule has 5 heteroatoms. The normalized spacial score (nSPS) is 9.50. The number of nitrogens with zero attached hydrogens (tertiary/aromatic N) is 1. The van der Waals surface area contributed by atoms with E-state index in [4.69, 9.17) is 10.5 Å². The van der Waals surface area contributed by atoms with Crippen LogP contribution in [0.5, 0.6) is 5.88 Å². The van der Waals surface area contributed by atoms with Gasteiger partial charge in [-0.25, -0.2) is 4.98 Å². The van der Waals surface area contributed by atoms with Crippen molar-refractivity contribution >= 4 is 11.7 Å². The van der Waals surface area contributed by atoms with Crippen molar-refractivity contribution in [2.45, 2.75) is 6.42 Å². The molecule has 2 N–H and O–H groups in total. The van der Waals surface area contributed by atoms with Crippen LogP contribution in [0, 0.1) is 0 Å². The molecule has 0 saturated heterocycles. The first kappa shape index (κ1) is 10.3. The van der Waals surface area contributed by atoms with Crippen molar-refractivity contribution in [3.8, 4) is 5.88 Å². The Bertz CT molecular complexity index is 315. The standard InChI is InChI=1S/C9H12N2O3/c1-13-8(12)4-6-14-9-7(10)3-2-5-11-9/h2-3,5H,4,6,10H2,1H3. The number of hydrogen-bond donors (Lipinski definition) is 1. The first-order chi connectivity index (χ1) is 6.74. The molecule has 0 aliphatic heterocycles. The molecule has 0 atom stereocenters. The van der Waals surface area contributed by atoms with E-state index in [9.17, 15) is 4.79 Å². The Morgan fingerprint density at radius 3 is 3.07 bits per heavy atom. The van der Waals surface area contributed by atoms with Gasteiger partial charge in [0.2, 0.25) is 5.88 Å². The molecular weight excluding hydrogens is 184 g/mol. The molecule has 0 fully saturated rings. The molecule has 0 bridgehead atoms. The highest BCUT2D eigenvalue weighted by Gasteiger charge is 2.03. The zero-order valence-electron chi connectivity index (χ0n) is 7.90. The summed E-state index contributed by atoms with van der Waals surface area (Å²) in [5.74, 6) is 0.0240. The van der Waals surface area contributed by atoms with Crippen LogP contribution in [-0.2, 0) is 9.53 Å². The highest BCUT2D eigenvalue weighted by Crippen LogP contribution is 2.15. The highest BCUT2D eigenvalue weighted by atomic mass is 16.5. The van der Waals surface area contributed by atoms with E-state index in [1.54, 1.807) is 18.3 Å². The maximum absolute atomic E-state index is 10.7. The van der Waals surface area contributed by atoms with E-state index in [0.29, 0.717) is 11.6 Å². The van der Waals surface area contributed by atoms with Gasteiger partial charge in [0, 0.05) is 6.20 Å². The quantitative estimate of drug-likeness (QED) is 0.714. The Balaban J connectivity index is 2.39. The summed E-state index contributed by atoms with van der Waals surface area (Å²) in [5.41, 5.74) is 6.02. The van der Waals surface area contributed by atoms with Gasteiger partial charge in [0.05, 0.1) is 19.2 Å². The first-order valence-corrected chi connectivity index (χ1v) is 4.14. The number of hydrogen-bond acceptors (Lipinski definition) is 5. The van der Waals surface area contributed by atoms with Crippen LogP contribution in [0.15, 0.2) is 18.3 Å². The number of aromatic nitrogens is 1. The van der Waals surface area contributed by atoms with Gasteiger partial charge in [-0.1, -0.05) is 0 Å². The molecule has 0 saturated carbocycles. The molecule has 5 nitrogen and oxygen atoms in total. The van der Waals surface area contributed by atoms with Gasteiger partial charge < -0.3 is 15.2 Å². The van der Waals surface area contributed by atoms with Crippen molar-refractivity contribution in [3.05, 3.63) is 18.3 Å². The van der Waals surface area contributed by atoms with Gasteiger partial charge in [0.15, 0.2) is 0 Å². The minimum Gasteiger partial charge on any atom is -0.476 e. The van der Waals surface area contributed by atoms with Gasteiger partial charge in [-0.05, 0) is 12.1 Å². The molecular formula is C9H12N2O3. The lowest BCUT2D eigenvalue weighted by Crippen LogP contribution is -2.09. The van der Waals surface area contributed by atoms with E-state index in [-0.39, 0.29) is 19.0 Å². The number of nitrogens with two attached hydrogens (primary N) is 1. The van der Waals surface area contributed by atoms with Crippen LogP contribution < -0.4 is 10.5 Å². The number of esters is 1. The largest absolute Gasteiger partial charge is 0.476 e. The van der Waals surface area contributed by atoms with Crippen LogP contribution in [0.3, 0.4) is 0 Å². The fourth-order valence-electron chi connectivity index (χ4n) is 0.857. The molecule has 1 aromatic heterocycles. The van der Waals surface area contributed by atoms with Crippen LogP contribution in [0.1, 0.15) is 6.42 Å². The molecule has 0 aromatic carbocycles. The van der Waals surface area contributed by atoms with Gasteiger partial charge in [-0.2, -0.15) is 0 Å². The van der Waals surface area contributed by atoms with Crippen LogP contribution >= 0.6 is 0 Å². The zero-order valence-corrected chi connectivity index (χ0v) is 7.90. The molecule has 0 amide bonds. The third-order valence-electron chi connectivity index (χ3n) is 1.57. The summed E-state index contributed by atoms with van der Waals surface area (Å²) < 4.78 is 9.62. The molecule has 0 aliphatic rings. The second kappa shape index (κ2) is 5.06. The van der Waals surface area contributed by atoms with E-state index in [2.05, 4.69) is 9.72 Å². The number of nitrogen functional groups attached to an aromatic ring is 1. The van der Waals surface area contributed by atoms with Crippen molar-refractivity contribution in [3.63, 3.8) is 0 Å². The minimum absolute atomic E-state index is 0.187. The maximum Gasteiger partial charge on any atom is 0.308 e. The van der Waals surface area contributed by atoms with Crippen molar-refractivity contribution in [1.82, 2.24) is 4.98 Å². The molecule has 0 aliphatic carbocycles. The molecule has 1 aromatic rings. The molecule has 1 heterocycles. The minimum atomic E-state index is -0.320. The topological polar surface area (TPSA) is 74.4 Å². The second-order valence-corrected chi connectivity index (χ2v) is 2.57. The summed E-state index contributed by atoms with van der Waals surface area (Å²) in [6, 6.07) is 3.39. The summed E-state index contributed by atoms with van der Waals surface area (Å²) in [5, 5.41) is 0. The number of pyridine rings is 1. The predicted octanol–water partition coefficient (Wildman–Crippen LogP) is 0.606. The Hall–Kier alpha value is -1.78. The van der Waals surface area contributed by atoms with Gasteiger partial charge in [-0.3, -0.25) is 4.79 Å². The van der Waals surface area contributed by atoms with E-state index in [0.717, 1.165) is 0 Å². The lowest BCUT2D eigenvalue weighted by atomic mass is 10.4. The Morgan fingerprint density at radius 1 is 1.64 bits per heavy atom. The van der Waals surface area contributed by atoms with Crippen LogP contribution in [0.4, 0.5) is 5.69 Å². The van der Waals surface area contributed by atoms with E-state index in [1.807, 2.05) is 0 Å². The Labute approximate surface area is 81.8 Å². The van der Waals surface area contributed by atoms with Crippen LogP contribution in [-0.4, -0.2) is 24.7 Å². The monoisotopic (exact) mass is 196 g/mol. The summed E-state index contributed by atoms with van der Waals surface area (Å²) >= 11 is 0. The summed E-state index contributed by atoms with van der Waals surface area (Å²) in [7, 11) is 1.33. The van der Waals surface area contributed by atoms with Crippen molar-refractivity contribution in [1.29, 1.82) is 0 Å². The fraction of sp³-hybridized carbons (Fsp3) is 0.333. The number of ether oxygens (including phenoxy) is 2. The van der Waals surface area contributed by atoms with Crippen LogP contribution in [0.2, 0.25) is 0 Å². The molecule has 0 unspecified atom stereocenters. The maximum atomic E-state index is 10.7. The molecule has 0 radical (unpaired) electrons. The summed E-state index contributed by atoms with van der Waals surface area (Å²) in [6.45, 7) is 0.216. The van der Waals surface area contributed by atoms with Gasteiger partial charge in [0.25, 0.3) is 0 Å². The number of carbonyl (C=O) groups is 1. The summed E-state index contributed by atoms with van der Waals surface area (Å²) in [4.78, 5) is 14.6. The van der Waals surface area contributed by atoms with Gasteiger partial charge >= 0.3 is 5.97 Å². The number of methoxy groups -OCH3 is 1. The van der Waals surface area contributed by atoms with E-state index < -0.39 is 0 Å². The van der Waals surface area contributed by atoms with Crippen molar-refractivity contribution < 1.29 is 14.3 Å². The fourth-order valence-corrected chi connectivity index (χ4v) is 0.857. The third kappa shape index (κ3) is 2.93. The van der Waals surface area contributed by atoms with Crippen molar-refractivity contribution in [2.75, 3.05) is 19.5 Å². The van der Waals surface area contributed by atoms with Crippen molar-refractivity contribution in [2.24, 2.45) is 0 Å². The lowest BCUT2D eigenvalue weighted by Gasteiger charge is -2.05. The van der Waals surface area contributed by atoms with Gasteiger partial charge in [0.1, 0.15) is 6.61 Å². The summed E-state index contributed by atoms with van der Waals surface area (Å²) in [6.07, 6.45) is 1.76. The third-order valence-corrected chi connectivity index (χ3v) is 1.57. The zero-order chi connectivity index (χ0) is 10.4. The lowest BCUT2D eigenvalue weighted by molar-refractivity contribution is -0.141. The average molecular weight is 196 g/mol. The smallest absolute Gasteiger partial charge is 0.308 e. The first-order valence-electron chi connectivity index (χ1n) is 4.14. The van der Waals surface area contributed by atoms with E-state index >= 15 is 0 Å². The Kier molecular flexibility index (Phi) is 3.72. The van der Waals surface area contributed by atoms with Crippen LogP contribution in [0.25, 0.3) is 0 Å². The van der Waals surface area contributed by atoms with E-state index in [1.165, 1.54) is 7.11 Å². The molecule has 76 valence electrons. The average Bonchev–Trinajstić information content (AvgIpc) is 2.20. The second-order valence-electron chi connectivity index (χ2n) is 2.57. The Morgan fingerprint density at radius 2 is 2.43 bits per heavy atom. The molecule has 1 rings (SSSR count). The SMILES string of the molecule is COC(=O)CCOc1ncccc1N. The number of carbonyl (C=O) groups excluding carboxylic acids is 1. The predicted molar refractivity (Wildman–Crippen MR) is 50.8 cm³/mol. The van der Waals surface area contributed by atoms with Gasteiger partial charge in [-0.15, -0.1) is 0 Å².